The van der Waals surface area contributed by atoms with Crippen LogP contribution in [0.5, 0.6) is 0 Å². The Kier molecular flexibility index (Phi) is 6.36. The number of furan rings is 1. The third-order valence-electron chi connectivity index (χ3n) is 7.26. The number of rotatable bonds is 2. The SMILES string of the molecule is Cc1ccc(F)c(C(=O)N2CCC3(CCN(C(=O)c4ccc(C#Cc5ccccc5)o4)C3)CC2)c1F. The molecule has 0 unspecified atom stereocenters. The number of hydrogen-bond donors (Lipinski definition) is 0. The maximum Gasteiger partial charge on any atom is 0.289 e. The number of halogens is 2. The zero-order valence-electron chi connectivity index (χ0n) is 20.0. The predicted octanol–water partition coefficient (Wildman–Crippen LogP) is 5.03. The minimum absolute atomic E-state index is 0.112. The molecule has 1 aromatic heterocycles. The number of piperidine rings is 1. The van der Waals surface area contributed by atoms with Gasteiger partial charge >= 0.3 is 0 Å². The lowest BCUT2D eigenvalue weighted by atomic mass is 9.77. The summed E-state index contributed by atoms with van der Waals surface area (Å²) in [5, 5.41) is 0. The van der Waals surface area contributed by atoms with Crippen molar-refractivity contribution in [2.24, 2.45) is 5.41 Å². The molecule has 2 aromatic carbocycles. The molecule has 2 amide bonds. The number of hydrogen-bond acceptors (Lipinski definition) is 3. The van der Waals surface area contributed by atoms with Crippen molar-refractivity contribution in [3.05, 3.63) is 94.4 Å². The van der Waals surface area contributed by atoms with Gasteiger partial charge in [0, 0.05) is 31.7 Å². The first kappa shape index (κ1) is 23.8. The highest BCUT2D eigenvalue weighted by molar-refractivity contribution is 5.95. The number of carbonyl (C=O) groups excluding carboxylic acids is 2. The van der Waals surface area contributed by atoms with Gasteiger partial charge in [0.05, 0.1) is 0 Å². The largest absolute Gasteiger partial charge is 0.443 e. The van der Waals surface area contributed by atoms with E-state index in [-0.39, 0.29) is 22.6 Å². The van der Waals surface area contributed by atoms with Crippen molar-refractivity contribution in [1.29, 1.82) is 0 Å². The molecule has 0 N–H and O–H groups in total. The van der Waals surface area contributed by atoms with Gasteiger partial charge in [-0.05, 0) is 73.4 Å². The summed E-state index contributed by atoms with van der Waals surface area (Å²) in [5.41, 5.74) is 0.503. The van der Waals surface area contributed by atoms with Crippen LogP contribution in [0.4, 0.5) is 8.78 Å². The number of likely N-dealkylation sites (tertiary alicyclic amines) is 2. The molecule has 0 saturated carbocycles. The van der Waals surface area contributed by atoms with Gasteiger partial charge in [0.15, 0.2) is 11.5 Å². The Balaban J connectivity index is 1.20. The fraction of sp³-hybridized carbons (Fsp3) is 0.310. The highest BCUT2D eigenvalue weighted by Gasteiger charge is 2.43. The Hall–Kier alpha value is -3.92. The van der Waals surface area contributed by atoms with Crippen LogP contribution in [0, 0.1) is 35.8 Å². The molecule has 2 aliphatic heterocycles. The summed E-state index contributed by atoms with van der Waals surface area (Å²) in [6.45, 7) is 3.46. The van der Waals surface area contributed by atoms with E-state index in [0.717, 1.165) is 18.1 Å². The van der Waals surface area contributed by atoms with Gasteiger partial charge in [-0.2, -0.15) is 0 Å². The van der Waals surface area contributed by atoms with Gasteiger partial charge in [-0.1, -0.05) is 30.2 Å². The van der Waals surface area contributed by atoms with E-state index in [4.69, 9.17) is 4.42 Å². The van der Waals surface area contributed by atoms with Crippen LogP contribution in [0.15, 0.2) is 59.0 Å². The summed E-state index contributed by atoms with van der Waals surface area (Å²) >= 11 is 0. The maximum absolute atomic E-state index is 14.5. The topological polar surface area (TPSA) is 53.8 Å². The molecule has 0 bridgehead atoms. The molecule has 184 valence electrons. The molecule has 2 aliphatic rings. The molecule has 2 fully saturated rings. The molecule has 1 spiro atoms. The van der Waals surface area contributed by atoms with E-state index in [1.165, 1.54) is 17.9 Å². The highest BCUT2D eigenvalue weighted by Crippen LogP contribution is 2.41. The lowest BCUT2D eigenvalue weighted by Gasteiger charge is -2.39. The fourth-order valence-corrected chi connectivity index (χ4v) is 5.04. The molecule has 3 aromatic rings. The van der Waals surface area contributed by atoms with Crippen LogP contribution < -0.4 is 0 Å². The molecule has 5 nitrogen and oxygen atoms in total. The number of benzene rings is 2. The van der Waals surface area contributed by atoms with Crippen molar-refractivity contribution >= 4 is 11.8 Å². The van der Waals surface area contributed by atoms with Crippen molar-refractivity contribution in [3.8, 4) is 11.8 Å². The van der Waals surface area contributed by atoms with Crippen molar-refractivity contribution in [2.75, 3.05) is 26.2 Å². The molecule has 5 rings (SSSR count). The second kappa shape index (κ2) is 9.62. The lowest BCUT2D eigenvalue weighted by molar-refractivity contribution is 0.0552. The van der Waals surface area contributed by atoms with Gasteiger partial charge in [0.2, 0.25) is 0 Å². The van der Waals surface area contributed by atoms with Crippen LogP contribution in [-0.4, -0.2) is 47.8 Å². The second-order valence-corrected chi connectivity index (χ2v) is 9.60. The smallest absolute Gasteiger partial charge is 0.289 e. The van der Waals surface area contributed by atoms with Crippen LogP contribution in [0.25, 0.3) is 0 Å². The molecular formula is C29H26F2N2O3. The van der Waals surface area contributed by atoms with E-state index in [2.05, 4.69) is 11.8 Å². The summed E-state index contributed by atoms with van der Waals surface area (Å²) in [7, 11) is 0. The second-order valence-electron chi connectivity index (χ2n) is 9.60. The van der Waals surface area contributed by atoms with E-state index >= 15 is 0 Å². The van der Waals surface area contributed by atoms with Gasteiger partial charge < -0.3 is 14.2 Å². The van der Waals surface area contributed by atoms with E-state index in [1.807, 2.05) is 30.3 Å². The Morgan fingerprint density at radius 1 is 0.861 bits per heavy atom. The van der Waals surface area contributed by atoms with Crippen LogP contribution in [0.2, 0.25) is 0 Å². The molecule has 3 heterocycles. The maximum atomic E-state index is 14.5. The number of amides is 2. The predicted molar refractivity (Wildman–Crippen MR) is 130 cm³/mol. The van der Waals surface area contributed by atoms with E-state index in [1.54, 1.807) is 17.0 Å². The van der Waals surface area contributed by atoms with Crippen LogP contribution in [-0.2, 0) is 0 Å². The molecule has 0 radical (unpaired) electrons. The normalized spacial score (nSPS) is 16.6. The first-order valence-corrected chi connectivity index (χ1v) is 12.1. The number of nitrogens with zero attached hydrogens (tertiary/aromatic N) is 2. The first-order valence-electron chi connectivity index (χ1n) is 12.1. The van der Waals surface area contributed by atoms with Crippen LogP contribution in [0.3, 0.4) is 0 Å². The molecular weight excluding hydrogens is 462 g/mol. The van der Waals surface area contributed by atoms with Crippen LogP contribution in [0.1, 0.15) is 57.1 Å². The zero-order chi connectivity index (χ0) is 25.3. The van der Waals surface area contributed by atoms with Gasteiger partial charge in [-0.25, -0.2) is 8.78 Å². The monoisotopic (exact) mass is 488 g/mol. The van der Waals surface area contributed by atoms with Gasteiger partial charge in [-0.15, -0.1) is 0 Å². The van der Waals surface area contributed by atoms with Gasteiger partial charge in [0.25, 0.3) is 11.8 Å². The van der Waals surface area contributed by atoms with E-state index in [9.17, 15) is 18.4 Å². The highest BCUT2D eigenvalue weighted by atomic mass is 19.1. The van der Waals surface area contributed by atoms with E-state index < -0.39 is 23.1 Å². The summed E-state index contributed by atoms with van der Waals surface area (Å²) in [5.74, 6) is 4.21. The Morgan fingerprint density at radius 2 is 1.56 bits per heavy atom. The average molecular weight is 489 g/mol. The quantitative estimate of drug-likeness (QED) is 0.476. The first-order chi connectivity index (χ1) is 17.3. The van der Waals surface area contributed by atoms with Crippen molar-refractivity contribution in [2.45, 2.75) is 26.2 Å². The van der Waals surface area contributed by atoms with Gasteiger partial charge in [-0.3, -0.25) is 9.59 Å². The summed E-state index contributed by atoms with van der Waals surface area (Å²) in [4.78, 5) is 29.2. The minimum atomic E-state index is -0.840. The third-order valence-corrected chi connectivity index (χ3v) is 7.26. The van der Waals surface area contributed by atoms with Crippen molar-refractivity contribution < 1.29 is 22.8 Å². The minimum Gasteiger partial charge on any atom is -0.443 e. The third kappa shape index (κ3) is 4.64. The standard InChI is InChI=1S/C29H26F2N2O3/c1-20-7-11-23(30)25(26(20)31)28(35)32-16-13-29(14-17-32)15-18-33(19-29)27(34)24-12-10-22(36-24)9-8-21-5-3-2-4-6-21/h2-7,10-12H,13-19H2,1H3. The number of carbonyl (C=O) groups is 2. The van der Waals surface area contributed by atoms with Crippen LogP contribution >= 0.6 is 0 Å². The zero-order valence-corrected chi connectivity index (χ0v) is 20.0. The summed E-state index contributed by atoms with van der Waals surface area (Å²) in [6.07, 6.45) is 2.16. The molecule has 7 heteroatoms. The molecule has 0 atom stereocenters. The summed E-state index contributed by atoms with van der Waals surface area (Å²) < 4.78 is 34.4. The Labute approximate surface area is 208 Å². The van der Waals surface area contributed by atoms with Crippen molar-refractivity contribution in [1.82, 2.24) is 9.80 Å². The van der Waals surface area contributed by atoms with E-state index in [0.29, 0.717) is 44.8 Å². The van der Waals surface area contributed by atoms with Crippen molar-refractivity contribution in [3.63, 3.8) is 0 Å². The molecule has 0 aliphatic carbocycles. The molecule has 36 heavy (non-hydrogen) atoms. The summed E-state index contributed by atoms with van der Waals surface area (Å²) in [6, 6.07) is 15.3. The molecule has 2 saturated heterocycles. The fourth-order valence-electron chi connectivity index (χ4n) is 5.04. The lowest BCUT2D eigenvalue weighted by Crippen LogP contribution is -2.45. The Bertz CT molecular complexity index is 1360. The average Bonchev–Trinajstić information content (AvgIpc) is 3.54. The Morgan fingerprint density at radius 3 is 2.28 bits per heavy atom. The number of aryl methyl sites for hydroxylation is 1. The van der Waals surface area contributed by atoms with Gasteiger partial charge in [0.1, 0.15) is 17.2 Å².